The van der Waals surface area contributed by atoms with Crippen molar-refractivity contribution in [3.8, 4) is 6.07 Å². The normalized spacial score (nSPS) is 21.2. The maximum absolute atomic E-state index is 13.5. The Labute approximate surface area is 198 Å². The number of carbonyl (C=O) groups excluding carboxylic acids is 1. The largest absolute Gasteiger partial charge is 0.378 e. The van der Waals surface area contributed by atoms with Gasteiger partial charge in [-0.05, 0) is 37.6 Å². The van der Waals surface area contributed by atoms with Gasteiger partial charge in [0.05, 0.1) is 25.5 Å². The van der Waals surface area contributed by atoms with Gasteiger partial charge in [0, 0.05) is 26.2 Å². The fourth-order valence-corrected chi connectivity index (χ4v) is 4.63. The molecule has 10 nitrogen and oxygen atoms in total. The van der Waals surface area contributed by atoms with Crippen molar-refractivity contribution in [2.24, 2.45) is 9.81 Å². The van der Waals surface area contributed by atoms with Gasteiger partial charge in [-0.3, -0.25) is 4.79 Å². The number of hydrogen-bond donors (Lipinski definition) is 2. The summed E-state index contributed by atoms with van der Waals surface area (Å²) in [7, 11) is -3.69. The van der Waals surface area contributed by atoms with Crippen LogP contribution in [0.15, 0.2) is 4.40 Å². The Hall–Kier alpha value is -1.90. The van der Waals surface area contributed by atoms with Crippen molar-refractivity contribution in [2.75, 3.05) is 52.2 Å². The molecule has 0 saturated carbocycles. The van der Waals surface area contributed by atoms with Crippen molar-refractivity contribution in [3.63, 3.8) is 0 Å². The summed E-state index contributed by atoms with van der Waals surface area (Å²) in [5.74, 6) is -0.168. The Morgan fingerprint density at radius 2 is 1.82 bits per heavy atom. The molecule has 0 radical (unpaired) electrons. The topological polar surface area (TPSA) is 127 Å². The highest BCUT2D eigenvalue weighted by Crippen LogP contribution is 2.25. The Balaban J connectivity index is 2.24. The first kappa shape index (κ1) is 27.3. The molecule has 0 aromatic heterocycles. The van der Waals surface area contributed by atoms with Crippen LogP contribution in [-0.4, -0.2) is 93.9 Å². The van der Waals surface area contributed by atoms with Crippen molar-refractivity contribution in [1.82, 2.24) is 20.4 Å². The van der Waals surface area contributed by atoms with Crippen molar-refractivity contribution in [1.29, 1.82) is 5.26 Å². The maximum Gasteiger partial charge on any atom is 0.253 e. The summed E-state index contributed by atoms with van der Waals surface area (Å²) in [5.41, 5.74) is -1.15. The molecule has 1 amide bonds. The first-order chi connectivity index (χ1) is 15.4. The Morgan fingerprint density at radius 3 is 2.30 bits per heavy atom. The summed E-state index contributed by atoms with van der Waals surface area (Å²) in [6.07, 6.45) is 3.64. The van der Waals surface area contributed by atoms with E-state index in [0.717, 1.165) is 32.3 Å². The highest BCUT2D eigenvalue weighted by atomic mass is 32.2. The second kappa shape index (κ2) is 11.5. The van der Waals surface area contributed by atoms with Crippen molar-refractivity contribution < 1.29 is 17.9 Å². The van der Waals surface area contributed by atoms with Gasteiger partial charge < -0.3 is 25.2 Å². The minimum atomic E-state index is -3.69. The molecule has 2 fully saturated rings. The Bertz CT molecular complexity index is 832. The van der Waals surface area contributed by atoms with Crippen LogP contribution in [-0.2, 0) is 19.6 Å². The third-order valence-corrected chi connectivity index (χ3v) is 6.33. The minimum absolute atomic E-state index is 0.147. The van der Waals surface area contributed by atoms with Crippen LogP contribution in [0.2, 0.25) is 0 Å². The molecule has 0 spiro atoms. The molecule has 1 atom stereocenters. The predicted octanol–water partition coefficient (Wildman–Crippen LogP) is 0.913. The fourth-order valence-electron chi connectivity index (χ4n) is 4.15. The summed E-state index contributed by atoms with van der Waals surface area (Å²) < 4.78 is 33.2. The van der Waals surface area contributed by atoms with Gasteiger partial charge in [0.15, 0.2) is 0 Å². The fraction of sp³-hybridized carbons (Fsp3) is 0.864. The van der Waals surface area contributed by atoms with Gasteiger partial charge in [-0.15, -0.1) is 4.40 Å². The van der Waals surface area contributed by atoms with Crippen LogP contribution in [0.1, 0.15) is 53.4 Å². The summed E-state index contributed by atoms with van der Waals surface area (Å²) in [5, 5.41) is 16.0. The molecule has 11 heteroatoms. The zero-order valence-electron chi connectivity index (χ0n) is 20.7. The third-order valence-electron chi connectivity index (χ3n) is 5.83. The van der Waals surface area contributed by atoms with Crippen molar-refractivity contribution in [2.45, 2.75) is 65.0 Å². The monoisotopic (exact) mass is 484 g/mol. The number of sulfonamides is 1. The van der Waals surface area contributed by atoms with E-state index in [1.54, 1.807) is 4.90 Å². The molecule has 1 unspecified atom stereocenters. The van der Waals surface area contributed by atoms with Gasteiger partial charge in [-0.1, -0.05) is 27.7 Å². The van der Waals surface area contributed by atoms with Gasteiger partial charge in [0.2, 0.25) is 11.9 Å². The number of carbonyl (C=O) groups is 1. The first-order valence-electron chi connectivity index (χ1n) is 11.7. The van der Waals surface area contributed by atoms with E-state index in [1.165, 1.54) is 0 Å². The first-order valence-corrected chi connectivity index (χ1v) is 13.6. The Kier molecular flexibility index (Phi) is 9.52. The van der Waals surface area contributed by atoms with E-state index in [0.29, 0.717) is 45.6 Å². The second-order valence-electron chi connectivity index (χ2n) is 10.2. The lowest BCUT2D eigenvalue weighted by molar-refractivity contribution is -0.125. The van der Waals surface area contributed by atoms with Gasteiger partial charge >= 0.3 is 0 Å². The maximum atomic E-state index is 13.5. The van der Waals surface area contributed by atoms with E-state index in [2.05, 4.69) is 32.9 Å². The number of nitrogens with zero attached hydrogens (tertiary/aromatic N) is 4. The van der Waals surface area contributed by atoms with Gasteiger partial charge in [0.25, 0.3) is 10.0 Å². The molecule has 0 aromatic rings. The smallest absolute Gasteiger partial charge is 0.253 e. The lowest BCUT2D eigenvalue weighted by Crippen LogP contribution is -2.61. The SMILES string of the molecule is CCCN1CCC(C#N)(NC(=O)C(CC(C)(C)C)NC(=NS(C)(=O)=O)N2CCOCC2)CC1. The molecule has 0 bridgehead atoms. The number of ether oxygens (including phenoxy) is 1. The quantitative estimate of drug-likeness (QED) is 0.403. The highest BCUT2D eigenvalue weighted by molar-refractivity contribution is 7.89. The van der Waals surface area contributed by atoms with E-state index in [1.807, 2.05) is 20.8 Å². The lowest BCUT2D eigenvalue weighted by Gasteiger charge is -2.39. The number of likely N-dealkylation sites (tertiary alicyclic amines) is 1. The second-order valence-corrected chi connectivity index (χ2v) is 11.9. The molecule has 2 N–H and O–H groups in total. The molecule has 2 saturated heterocycles. The van der Waals surface area contributed by atoms with E-state index in [4.69, 9.17) is 4.74 Å². The van der Waals surface area contributed by atoms with Crippen LogP contribution in [0, 0.1) is 16.7 Å². The van der Waals surface area contributed by atoms with Gasteiger partial charge in [-0.25, -0.2) is 8.42 Å². The molecule has 33 heavy (non-hydrogen) atoms. The average Bonchev–Trinajstić information content (AvgIpc) is 2.73. The summed E-state index contributed by atoms with van der Waals surface area (Å²) in [6, 6.07) is 1.60. The lowest BCUT2D eigenvalue weighted by atomic mass is 9.85. The number of rotatable bonds is 7. The van der Waals surface area contributed by atoms with Crippen LogP contribution in [0.25, 0.3) is 0 Å². The molecule has 0 aliphatic carbocycles. The number of amides is 1. The zero-order valence-corrected chi connectivity index (χ0v) is 21.5. The van der Waals surface area contributed by atoms with E-state index < -0.39 is 21.6 Å². The molecule has 2 aliphatic rings. The Morgan fingerprint density at radius 1 is 1.21 bits per heavy atom. The predicted molar refractivity (Wildman–Crippen MR) is 128 cm³/mol. The number of nitriles is 1. The van der Waals surface area contributed by atoms with E-state index in [9.17, 15) is 18.5 Å². The van der Waals surface area contributed by atoms with Crippen LogP contribution in [0.3, 0.4) is 0 Å². The molecule has 0 aromatic carbocycles. The van der Waals surface area contributed by atoms with E-state index in [-0.39, 0.29) is 17.3 Å². The van der Waals surface area contributed by atoms with Crippen LogP contribution >= 0.6 is 0 Å². The number of piperidine rings is 1. The summed E-state index contributed by atoms with van der Waals surface area (Å²) in [4.78, 5) is 17.6. The van der Waals surface area contributed by atoms with Gasteiger partial charge in [0.1, 0.15) is 11.6 Å². The average molecular weight is 485 g/mol. The van der Waals surface area contributed by atoms with Crippen molar-refractivity contribution >= 4 is 21.9 Å². The van der Waals surface area contributed by atoms with Crippen LogP contribution < -0.4 is 10.6 Å². The highest BCUT2D eigenvalue weighted by Gasteiger charge is 2.39. The minimum Gasteiger partial charge on any atom is -0.378 e. The van der Waals surface area contributed by atoms with Crippen LogP contribution in [0.4, 0.5) is 0 Å². The van der Waals surface area contributed by atoms with Crippen molar-refractivity contribution in [3.05, 3.63) is 0 Å². The standard InChI is InChI=1S/C22H40N6O4S/c1-6-9-27-10-7-22(17-23,8-11-27)25-19(29)18(16-21(2,3)4)24-20(26-33(5,30)31)28-12-14-32-15-13-28/h18H,6-16H2,1-5H3,(H,24,26)(H,25,29). The molecule has 188 valence electrons. The molecule has 2 aliphatic heterocycles. The number of morpholine rings is 1. The number of hydrogen-bond acceptors (Lipinski definition) is 6. The molecular formula is C22H40N6O4S. The summed E-state index contributed by atoms with van der Waals surface area (Å²) in [6.45, 7) is 12.5. The number of guanidine groups is 1. The number of nitrogens with one attached hydrogen (secondary N) is 2. The van der Waals surface area contributed by atoms with Crippen LogP contribution in [0.5, 0.6) is 0 Å². The van der Waals surface area contributed by atoms with E-state index >= 15 is 0 Å². The molecule has 2 rings (SSSR count). The molecule has 2 heterocycles. The molecular weight excluding hydrogens is 444 g/mol. The summed E-state index contributed by atoms with van der Waals surface area (Å²) >= 11 is 0. The third kappa shape index (κ3) is 9.10. The van der Waals surface area contributed by atoms with Gasteiger partial charge in [-0.2, -0.15) is 5.26 Å². The zero-order chi connectivity index (χ0) is 24.7.